The van der Waals surface area contributed by atoms with Crippen molar-refractivity contribution in [2.45, 2.75) is 329 Å². The maximum atomic E-state index is 5.77. The van der Waals surface area contributed by atoms with Crippen LogP contribution in [-0.2, 0) is 59.8 Å². The van der Waals surface area contributed by atoms with E-state index >= 15 is 0 Å². The molecule has 2 unspecified atom stereocenters. The molecule has 3 N–H and O–H groups in total. The van der Waals surface area contributed by atoms with E-state index in [4.69, 9.17) is 9.47 Å². The van der Waals surface area contributed by atoms with Gasteiger partial charge in [0.25, 0.3) is 0 Å². The summed E-state index contributed by atoms with van der Waals surface area (Å²) < 4.78 is 11.4. The fourth-order valence-electron chi connectivity index (χ4n) is 16.3. The number of ether oxygens (including phenoxy) is 2. The van der Waals surface area contributed by atoms with E-state index in [9.17, 15) is 0 Å². The van der Waals surface area contributed by atoms with Gasteiger partial charge >= 0.3 is 0 Å². The smallest absolute Gasteiger partial charge is 0.205 e. The maximum absolute atomic E-state index is 5.77. The lowest BCUT2D eigenvalue weighted by molar-refractivity contribution is -0.163. The van der Waals surface area contributed by atoms with Gasteiger partial charge in [-0.15, -0.1) is 11.3 Å². The quantitative estimate of drug-likeness (QED) is 0.157. The van der Waals surface area contributed by atoms with Gasteiger partial charge in [-0.05, 0) is 238 Å². The molecule has 1 saturated carbocycles. The third-order valence-electron chi connectivity index (χ3n) is 23.9. The number of rotatable bonds is 2. The number of H-pyrrole nitrogens is 2. The number of nitrogens with one attached hydrogen (secondary N) is 3. The summed E-state index contributed by atoms with van der Waals surface area (Å²) in [4.78, 5) is 16.8. The fraction of sp³-hybridized carbons (Fsp3) is 0.542. The Kier molecular flexibility index (Phi) is 34.4. The Balaban J connectivity index is 0.000000164. The molecule has 6 aromatic carbocycles. The van der Waals surface area contributed by atoms with Crippen LogP contribution < -0.4 is 10.1 Å². The van der Waals surface area contributed by atoms with Crippen LogP contribution in [0, 0.1) is 28.1 Å². The van der Waals surface area contributed by atoms with Crippen molar-refractivity contribution >= 4 is 39.1 Å². The molecule has 10 nitrogen and oxygen atoms in total. The summed E-state index contributed by atoms with van der Waals surface area (Å²) in [6.07, 6.45) is 27.2. The minimum atomic E-state index is -0.141. The van der Waals surface area contributed by atoms with E-state index in [0.717, 1.165) is 48.2 Å². The zero-order valence-electron chi connectivity index (χ0n) is 78.6. The number of hydrogen-bond donors (Lipinski definition) is 3. The van der Waals surface area contributed by atoms with Crippen LogP contribution in [0.1, 0.15) is 311 Å². The van der Waals surface area contributed by atoms with Gasteiger partial charge in [-0.3, -0.25) is 19.9 Å². The van der Waals surface area contributed by atoms with Gasteiger partial charge in [0.2, 0.25) is 6.29 Å². The van der Waals surface area contributed by atoms with Gasteiger partial charge in [0.15, 0.2) is 0 Å². The number of thiazole rings is 1. The van der Waals surface area contributed by atoms with Crippen molar-refractivity contribution < 1.29 is 9.47 Å². The van der Waals surface area contributed by atoms with E-state index in [1.165, 1.54) is 149 Å². The summed E-state index contributed by atoms with van der Waals surface area (Å²) in [6, 6.07) is 53.2. The van der Waals surface area contributed by atoms with Crippen LogP contribution in [0.5, 0.6) is 5.75 Å². The number of allylic oxidation sites excluding steroid dienone is 1. The topological polar surface area (TPSA) is 107 Å². The Labute approximate surface area is 720 Å². The van der Waals surface area contributed by atoms with Crippen LogP contribution in [0.3, 0.4) is 0 Å². The van der Waals surface area contributed by atoms with Crippen LogP contribution in [0.15, 0.2) is 188 Å². The second kappa shape index (κ2) is 42.3. The number of benzene rings is 6. The molecule has 3 aliphatic carbocycles. The average molecular weight is 1620 g/mol. The summed E-state index contributed by atoms with van der Waals surface area (Å²) >= 11 is 1.72. The first-order valence-electron chi connectivity index (χ1n) is 44.6. The Hall–Kier alpha value is -7.51. The third kappa shape index (κ3) is 29.4. The molecule has 0 radical (unpaired) electrons. The fourth-order valence-corrected chi connectivity index (χ4v) is 17.0. The molecule has 18 rings (SSSR count). The molecule has 10 aromatic rings. The van der Waals surface area contributed by atoms with E-state index in [1.807, 2.05) is 60.5 Å². The standard InChI is InChI=1S/C13H15N.C13H19N.C13H18.C12H16O2.C12H14.C11H21N.C11H13N.C8H17N.C7H12N2.C7H11NS/c1-13(2,3)12-6-4-5-10-9-14-8-7-11(10)12;1-13(2,3)14-9-8-11-6-4-5-7-12(11)10-14;1-13(2,3)12-8-10-6-4-5-7-11(10)9-12;1-12(2,3)11-13-8-9-6-4-5-7-10(9)14-11;1-9(2)11-7-6-10-4-3-5-12(10)8-11;1-11(2,3)12-8-9-4-6-10(12)7-5-9;1-8(2)9-4-3-5-11-10(9)6-7-12-11;1-8(2,3)7-5-4-6-9-7;1-7(2,3)6-4-5-8-9-6;1-7(2,3)6-8-4-5-9-6/h4-9H,1-3H3;4-7H,8-10H2,1-3H3;4-7,12H,8-9H2,1-3H3;4-7,11H,8H2,1-3H3;3,5-9H,4H2,1-2H3;9-10H,4-8H2,1-3H3;3-8,12H,1-2H3;7,9H,4-6H2,1-3H3;4-5H,1-3H3,(H,8,9);4-5H,1-3H3. The van der Waals surface area contributed by atoms with E-state index in [-0.39, 0.29) is 27.9 Å². The van der Waals surface area contributed by atoms with Gasteiger partial charge in [-0.2, -0.15) is 5.10 Å². The summed E-state index contributed by atoms with van der Waals surface area (Å²) in [5, 5.41) is 17.4. The van der Waals surface area contributed by atoms with Crippen molar-refractivity contribution in [1.29, 1.82) is 0 Å². The Morgan fingerprint density at radius 2 is 1.19 bits per heavy atom. The molecule has 8 aliphatic rings. The zero-order chi connectivity index (χ0) is 86.6. The molecule has 0 amide bonds. The molecule has 118 heavy (non-hydrogen) atoms. The molecular formula is C107H156N8O2S. The molecule has 4 aromatic heterocycles. The molecule has 0 spiro atoms. The van der Waals surface area contributed by atoms with Crippen molar-refractivity contribution in [2.75, 3.05) is 19.6 Å². The highest BCUT2D eigenvalue weighted by atomic mass is 32.1. The number of aromatic amines is 2. The minimum Gasteiger partial charge on any atom is -0.464 e. The van der Waals surface area contributed by atoms with Gasteiger partial charge in [0.1, 0.15) is 5.75 Å². The first-order chi connectivity index (χ1) is 55.2. The van der Waals surface area contributed by atoms with Crippen molar-refractivity contribution in [3.8, 4) is 5.75 Å². The number of para-hydroxylation sites is 1. The molecule has 3 saturated heterocycles. The predicted molar refractivity (Wildman–Crippen MR) is 509 cm³/mol. The monoisotopic (exact) mass is 1620 g/mol. The van der Waals surface area contributed by atoms with Gasteiger partial charge in [-0.1, -0.05) is 280 Å². The van der Waals surface area contributed by atoms with Crippen molar-refractivity contribution in [3.63, 3.8) is 0 Å². The SMILES string of the molecule is CC(C)(C)C1CCCN1.CC(C)(C)C1Cc2ccccc2C1.CC(C)(C)C1OCc2ccccc2O1.CC(C)(C)N1CC2CCC1CC2.CC(C)(C)N1CCc2ccccc2C1.CC(C)(C)c1cccc2cnccc12.CC(C)(C)c1ccn[nH]1.CC(C)(C)c1nccs1.CC(C)c1ccc2c(c1)C=CC2.CC(C)c1cccc2[nH]ccc12. The number of aromatic nitrogens is 5. The summed E-state index contributed by atoms with van der Waals surface area (Å²) in [7, 11) is 0. The molecule has 2 atom stereocenters. The lowest BCUT2D eigenvalue weighted by Gasteiger charge is -2.51. The first kappa shape index (κ1) is 96.0. The van der Waals surface area contributed by atoms with Crippen LogP contribution in [-0.4, -0.2) is 84.0 Å². The Morgan fingerprint density at radius 3 is 1.69 bits per heavy atom. The second-order valence-corrected chi connectivity index (χ2v) is 43.6. The summed E-state index contributed by atoms with van der Waals surface area (Å²) in [5.74, 6) is 4.06. The minimum absolute atomic E-state index is 0.0214. The molecular weight excluding hydrogens is 1460 g/mol. The lowest BCUT2D eigenvalue weighted by Crippen LogP contribution is -2.56. The van der Waals surface area contributed by atoms with Crippen molar-refractivity contribution in [3.05, 3.63) is 254 Å². The van der Waals surface area contributed by atoms with Gasteiger partial charge in [0, 0.05) is 123 Å². The van der Waals surface area contributed by atoms with Crippen molar-refractivity contribution in [1.82, 2.24) is 40.3 Å². The largest absolute Gasteiger partial charge is 0.464 e. The van der Waals surface area contributed by atoms with Gasteiger partial charge in [0.05, 0.1) is 11.6 Å². The van der Waals surface area contributed by atoms with E-state index in [1.54, 1.807) is 28.7 Å². The lowest BCUT2D eigenvalue weighted by atomic mass is 9.78. The highest BCUT2D eigenvalue weighted by molar-refractivity contribution is 7.09. The average Bonchev–Trinajstić information content (AvgIpc) is 1.81. The molecule has 642 valence electrons. The first-order valence-corrected chi connectivity index (χ1v) is 45.5. The highest BCUT2D eigenvalue weighted by Crippen LogP contribution is 2.41. The number of fused-ring (bicyclic) bond motifs is 9. The van der Waals surface area contributed by atoms with Crippen LogP contribution in [0.25, 0.3) is 27.8 Å². The Morgan fingerprint density at radius 1 is 0.542 bits per heavy atom. The maximum Gasteiger partial charge on any atom is 0.205 e. The number of pyridine rings is 1. The summed E-state index contributed by atoms with van der Waals surface area (Å²) in [6.45, 7) is 68.4. The van der Waals surface area contributed by atoms with Crippen LogP contribution in [0.2, 0.25) is 0 Å². The van der Waals surface area contributed by atoms with E-state index in [0.29, 0.717) is 40.4 Å². The number of hydrogen-bond acceptors (Lipinski definition) is 9. The molecule has 5 aliphatic heterocycles. The second-order valence-electron chi connectivity index (χ2n) is 42.7. The molecule has 2 bridgehead atoms. The Bertz CT molecular complexity index is 4480. The van der Waals surface area contributed by atoms with Crippen LogP contribution in [0.4, 0.5) is 0 Å². The molecule has 11 heteroatoms. The normalized spacial score (nSPS) is 18.4. The predicted octanol–water partition coefficient (Wildman–Crippen LogP) is 28.1. The summed E-state index contributed by atoms with van der Waals surface area (Å²) in [5.41, 5.74) is 19.2. The van der Waals surface area contributed by atoms with Crippen LogP contribution >= 0.6 is 11.3 Å². The highest BCUT2D eigenvalue weighted by Gasteiger charge is 2.39. The zero-order valence-corrected chi connectivity index (χ0v) is 79.4. The number of nitrogens with zero attached hydrogens (tertiary/aromatic N) is 5. The number of piperidine rings is 2. The molecule has 9 heterocycles. The van der Waals surface area contributed by atoms with E-state index in [2.05, 4.69) is 362 Å². The van der Waals surface area contributed by atoms with Gasteiger partial charge < -0.3 is 19.8 Å². The van der Waals surface area contributed by atoms with E-state index < -0.39 is 0 Å². The van der Waals surface area contributed by atoms with Crippen molar-refractivity contribution in [2.24, 2.45) is 28.1 Å². The van der Waals surface area contributed by atoms with Gasteiger partial charge in [-0.25, -0.2) is 4.98 Å². The molecule has 4 fully saturated rings. The third-order valence-corrected chi connectivity index (χ3v) is 25.1.